The second kappa shape index (κ2) is 8.98. The molecule has 0 aliphatic carbocycles. The van der Waals surface area contributed by atoms with Crippen molar-refractivity contribution in [2.45, 2.75) is 26.3 Å². The van der Waals surface area contributed by atoms with E-state index in [1.807, 2.05) is 6.92 Å². The quantitative estimate of drug-likeness (QED) is 0.708. The number of rotatable bonds is 7. The van der Waals surface area contributed by atoms with Gasteiger partial charge < -0.3 is 19.8 Å². The Kier molecular flexibility index (Phi) is 6.70. The van der Waals surface area contributed by atoms with E-state index in [2.05, 4.69) is 10.3 Å². The summed E-state index contributed by atoms with van der Waals surface area (Å²) in [5.41, 5.74) is 0.102. The highest BCUT2D eigenvalue weighted by Crippen LogP contribution is 2.15. The molecule has 0 aliphatic rings. The van der Waals surface area contributed by atoms with E-state index in [1.54, 1.807) is 31.2 Å². The van der Waals surface area contributed by atoms with Gasteiger partial charge in [-0.1, -0.05) is 38.5 Å². The van der Waals surface area contributed by atoms with Crippen molar-refractivity contribution in [2.75, 3.05) is 13.7 Å². The van der Waals surface area contributed by atoms with Crippen LogP contribution in [0.25, 0.3) is 10.9 Å². The Balaban J connectivity index is 2.08. The Labute approximate surface area is 155 Å². The minimum atomic E-state index is -0.827. The second-order valence-corrected chi connectivity index (χ2v) is 6.12. The molecule has 8 heteroatoms. The van der Waals surface area contributed by atoms with Gasteiger partial charge in [-0.25, -0.2) is 9.59 Å². The van der Waals surface area contributed by atoms with Crippen molar-refractivity contribution in [3.8, 4) is 0 Å². The van der Waals surface area contributed by atoms with Crippen LogP contribution in [-0.2, 0) is 19.1 Å². The first-order valence-electron chi connectivity index (χ1n) is 8.53. The normalized spacial score (nSPS) is 12.9. The van der Waals surface area contributed by atoms with Crippen molar-refractivity contribution in [2.24, 2.45) is 5.92 Å². The number of ether oxygens (including phenoxy) is 2. The summed E-state index contributed by atoms with van der Waals surface area (Å²) in [6.07, 6.45) is 0.651. The lowest BCUT2D eigenvalue weighted by Crippen LogP contribution is -2.47. The monoisotopic (exact) mass is 374 g/mol. The summed E-state index contributed by atoms with van der Waals surface area (Å²) in [4.78, 5) is 50.6. The maximum absolute atomic E-state index is 12.3. The van der Waals surface area contributed by atoms with Crippen molar-refractivity contribution < 1.29 is 23.9 Å². The number of fused-ring (bicyclic) bond motifs is 1. The summed E-state index contributed by atoms with van der Waals surface area (Å²) in [5, 5.41) is 3.02. The molecule has 27 heavy (non-hydrogen) atoms. The van der Waals surface area contributed by atoms with Gasteiger partial charge in [0.15, 0.2) is 6.61 Å². The molecular formula is C19H22N2O6. The molecule has 2 atom stereocenters. The maximum Gasteiger partial charge on any atom is 0.339 e. The summed E-state index contributed by atoms with van der Waals surface area (Å²) in [5.74, 6) is -2.14. The van der Waals surface area contributed by atoms with Crippen LogP contribution >= 0.6 is 0 Å². The first-order valence-corrected chi connectivity index (χ1v) is 8.53. The summed E-state index contributed by atoms with van der Waals surface area (Å²) in [7, 11) is 1.24. The van der Waals surface area contributed by atoms with Gasteiger partial charge in [-0.05, 0) is 12.0 Å². The largest absolute Gasteiger partial charge is 0.467 e. The van der Waals surface area contributed by atoms with Gasteiger partial charge in [0.25, 0.3) is 5.91 Å². The third-order valence-electron chi connectivity index (χ3n) is 4.29. The Bertz CT molecular complexity index is 904. The molecule has 144 valence electrons. The molecular weight excluding hydrogens is 352 g/mol. The molecule has 2 N–H and O–H groups in total. The van der Waals surface area contributed by atoms with Gasteiger partial charge in [-0.15, -0.1) is 0 Å². The van der Waals surface area contributed by atoms with Crippen LogP contribution in [0.1, 0.15) is 30.6 Å². The number of benzene rings is 1. The van der Waals surface area contributed by atoms with Gasteiger partial charge in [0.05, 0.1) is 12.7 Å². The van der Waals surface area contributed by atoms with E-state index in [9.17, 15) is 19.2 Å². The van der Waals surface area contributed by atoms with E-state index in [-0.39, 0.29) is 11.5 Å². The number of para-hydroxylation sites is 1. The minimum absolute atomic E-state index is 0.0635. The SMILES string of the molecule is CC[C@@H](C)[C@@H](NC(=O)COC(=O)c1cc(=O)[nH]c2ccccc12)C(=O)OC. The summed E-state index contributed by atoms with van der Waals surface area (Å²) in [6, 6.07) is 7.07. The average molecular weight is 374 g/mol. The molecule has 8 nitrogen and oxygen atoms in total. The molecule has 2 aromatic rings. The Morgan fingerprint density at radius 3 is 2.59 bits per heavy atom. The fourth-order valence-electron chi connectivity index (χ4n) is 2.59. The van der Waals surface area contributed by atoms with Gasteiger partial charge in [-0.3, -0.25) is 9.59 Å². The number of pyridine rings is 1. The van der Waals surface area contributed by atoms with Crippen LogP contribution in [0.4, 0.5) is 0 Å². The van der Waals surface area contributed by atoms with Crippen molar-refractivity contribution in [1.82, 2.24) is 10.3 Å². The zero-order valence-corrected chi connectivity index (χ0v) is 15.4. The highest BCUT2D eigenvalue weighted by molar-refractivity contribution is 6.03. The predicted octanol–water partition coefficient (Wildman–Crippen LogP) is 1.39. The molecule has 1 amide bonds. The molecule has 0 unspecified atom stereocenters. The highest BCUT2D eigenvalue weighted by Gasteiger charge is 2.27. The first kappa shape index (κ1) is 20.2. The van der Waals surface area contributed by atoms with Crippen LogP contribution in [0.3, 0.4) is 0 Å². The first-order chi connectivity index (χ1) is 12.9. The number of carbonyl (C=O) groups is 3. The number of aromatic nitrogens is 1. The molecule has 0 bridgehead atoms. The lowest BCUT2D eigenvalue weighted by atomic mass is 9.99. The number of aromatic amines is 1. The third kappa shape index (κ3) is 4.93. The number of hydrogen-bond acceptors (Lipinski definition) is 6. The summed E-state index contributed by atoms with van der Waals surface area (Å²) in [6.45, 7) is 3.10. The van der Waals surface area contributed by atoms with Crippen molar-refractivity contribution in [3.05, 3.63) is 46.2 Å². The third-order valence-corrected chi connectivity index (χ3v) is 4.29. The van der Waals surface area contributed by atoms with E-state index in [0.29, 0.717) is 17.3 Å². The summed E-state index contributed by atoms with van der Waals surface area (Å²) < 4.78 is 9.72. The number of hydrogen-bond donors (Lipinski definition) is 2. The fraction of sp³-hybridized carbons (Fsp3) is 0.368. The van der Waals surface area contributed by atoms with Gasteiger partial charge >= 0.3 is 11.9 Å². The van der Waals surface area contributed by atoms with Crippen LogP contribution in [0.2, 0.25) is 0 Å². The molecule has 0 saturated heterocycles. The lowest BCUT2D eigenvalue weighted by Gasteiger charge is -2.21. The van der Waals surface area contributed by atoms with Crippen molar-refractivity contribution in [3.63, 3.8) is 0 Å². The van der Waals surface area contributed by atoms with Gasteiger partial charge in [0.2, 0.25) is 5.56 Å². The average Bonchev–Trinajstić information content (AvgIpc) is 2.68. The van der Waals surface area contributed by atoms with Gasteiger partial charge in [-0.2, -0.15) is 0 Å². The van der Waals surface area contributed by atoms with Crippen LogP contribution in [-0.4, -0.2) is 42.6 Å². The lowest BCUT2D eigenvalue weighted by molar-refractivity contribution is -0.147. The molecule has 0 fully saturated rings. The van der Waals surface area contributed by atoms with Gasteiger partial charge in [0.1, 0.15) is 6.04 Å². The maximum atomic E-state index is 12.3. The molecule has 2 rings (SSSR count). The zero-order chi connectivity index (χ0) is 20.0. The zero-order valence-electron chi connectivity index (χ0n) is 15.4. The smallest absolute Gasteiger partial charge is 0.339 e. The van der Waals surface area contributed by atoms with Crippen LogP contribution in [0.5, 0.6) is 0 Å². The standard InChI is InChI=1S/C19H22N2O6/c1-4-11(2)17(19(25)26-3)21-16(23)10-27-18(24)13-9-15(22)20-14-8-6-5-7-12(13)14/h5-9,11,17H,4,10H2,1-3H3,(H,20,22)(H,21,23)/t11-,17-/m1/s1. The molecule has 0 spiro atoms. The molecule has 0 aliphatic heterocycles. The Hall–Kier alpha value is -3.16. The number of H-pyrrole nitrogens is 1. The number of nitrogens with one attached hydrogen (secondary N) is 2. The van der Waals surface area contributed by atoms with Crippen LogP contribution < -0.4 is 10.9 Å². The molecule has 0 saturated carbocycles. The predicted molar refractivity (Wildman–Crippen MR) is 98.3 cm³/mol. The number of esters is 2. The molecule has 1 aromatic heterocycles. The topological polar surface area (TPSA) is 115 Å². The molecule has 0 radical (unpaired) electrons. The summed E-state index contributed by atoms with van der Waals surface area (Å²) >= 11 is 0. The van der Waals surface area contributed by atoms with E-state index in [1.165, 1.54) is 7.11 Å². The Morgan fingerprint density at radius 1 is 1.22 bits per heavy atom. The van der Waals surface area contributed by atoms with E-state index >= 15 is 0 Å². The number of amides is 1. The van der Waals surface area contributed by atoms with E-state index in [4.69, 9.17) is 9.47 Å². The number of carbonyl (C=O) groups excluding carboxylic acids is 3. The van der Waals surface area contributed by atoms with E-state index in [0.717, 1.165) is 6.07 Å². The van der Waals surface area contributed by atoms with Crippen molar-refractivity contribution in [1.29, 1.82) is 0 Å². The second-order valence-electron chi connectivity index (χ2n) is 6.12. The fourth-order valence-corrected chi connectivity index (χ4v) is 2.59. The van der Waals surface area contributed by atoms with E-state index < -0.39 is 36.1 Å². The van der Waals surface area contributed by atoms with Gasteiger partial charge in [0, 0.05) is 17.0 Å². The highest BCUT2D eigenvalue weighted by atomic mass is 16.5. The molecule has 1 heterocycles. The minimum Gasteiger partial charge on any atom is -0.467 e. The van der Waals surface area contributed by atoms with Crippen LogP contribution in [0.15, 0.2) is 35.1 Å². The molecule has 1 aromatic carbocycles. The van der Waals surface area contributed by atoms with Crippen LogP contribution in [0, 0.1) is 5.92 Å². The van der Waals surface area contributed by atoms with Crippen molar-refractivity contribution >= 4 is 28.7 Å². The Morgan fingerprint density at radius 2 is 1.93 bits per heavy atom. The number of methoxy groups -OCH3 is 1.